The summed E-state index contributed by atoms with van der Waals surface area (Å²) in [6.45, 7) is 2.07. The van der Waals surface area contributed by atoms with Gasteiger partial charge in [-0.25, -0.2) is 20.2 Å². The lowest BCUT2D eigenvalue weighted by atomic mass is 10.2. The van der Waals surface area contributed by atoms with Gasteiger partial charge < -0.3 is 0 Å². The fraction of sp³-hybridized carbons (Fsp3) is 0.571. The van der Waals surface area contributed by atoms with E-state index in [0.29, 0.717) is 22.2 Å². The third kappa shape index (κ3) is 6.30. The number of rotatable bonds is 8. The van der Waals surface area contributed by atoms with E-state index in [-0.39, 0.29) is 42.8 Å². The summed E-state index contributed by atoms with van der Waals surface area (Å²) in [7, 11) is 0. The van der Waals surface area contributed by atoms with Crippen LogP contribution in [0.5, 0.6) is 0 Å². The highest BCUT2D eigenvalue weighted by atomic mass is 16.7. The molecule has 0 aliphatic heterocycles. The third-order valence-electron chi connectivity index (χ3n) is 3.01. The Bertz CT molecular complexity index is 656. The average Bonchev–Trinajstić information content (AvgIpc) is 2.47. The maximum atomic E-state index is 11.1. The van der Waals surface area contributed by atoms with Gasteiger partial charge in [-0.1, -0.05) is 39.7 Å². The number of nitro groups is 4. The van der Waals surface area contributed by atoms with E-state index >= 15 is 0 Å². The Balaban J connectivity index is -0.000000720. The van der Waals surface area contributed by atoms with E-state index in [0.717, 1.165) is 0 Å². The first-order valence-corrected chi connectivity index (χ1v) is 6.46. The van der Waals surface area contributed by atoms with Crippen molar-refractivity contribution in [1.29, 1.82) is 0 Å². The van der Waals surface area contributed by atoms with Crippen molar-refractivity contribution in [2.45, 2.75) is 43.6 Å². The first kappa shape index (κ1) is 32.1. The standard InChI is InChI=1S/C10H12N6O8.4CH4/c1-3-11(15(21)22)7-5-8(12(4-2)16(23)24)10(14(19)20)6-9(7)13(17)18;;;;/h5-6H,3-4H2,1-2H3;4*1H4. The monoisotopic (exact) mass is 408 g/mol. The Morgan fingerprint density at radius 2 is 0.964 bits per heavy atom. The van der Waals surface area contributed by atoms with E-state index in [1.54, 1.807) is 0 Å². The molecule has 14 nitrogen and oxygen atoms in total. The third-order valence-corrected chi connectivity index (χ3v) is 3.01. The van der Waals surface area contributed by atoms with Crippen molar-refractivity contribution in [3.05, 3.63) is 52.6 Å². The molecule has 14 heteroatoms. The SMILES string of the molecule is C.C.C.C.CCN(c1cc(N(CC)[N+](=O)[O-])c([N+](=O)[O-])cc1[N+](=O)[O-])[N+](=O)[O-]. The number of hydrogen-bond acceptors (Lipinski definition) is 8. The molecule has 0 aliphatic carbocycles. The largest absolute Gasteiger partial charge is 0.305 e. The average molecular weight is 408 g/mol. The first-order chi connectivity index (χ1) is 11.1. The Morgan fingerprint density at radius 3 is 1.14 bits per heavy atom. The Morgan fingerprint density at radius 1 is 0.679 bits per heavy atom. The summed E-state index contributed by atoms with van der Waals surface area (Å²) in [4.78, 5) is 42.2. The second kappa shape index (κ2) is 12.7. The molecule has 0 aromatic heterocycles. The van der Waals surface area contributed by atoms with Crippen LogP contribution in [0, 0.1) is 40.5 Å². The normalized spacial score (nSPS) is 8.64. The van der Waals surface area contributed by atoms with Crippen LogP contribution in [0.15, 0.2) is 12.1 Å². The van der Waals surface area contributed by atoms with Crippen LogP contribution < -0.4 is 10.0 Å². The Hall–Kier alpha value is -3.58. The van der Waals surface area contributed by atoms with Crippen LogP contribution >= 0.6 is 0 Å². The molecule has 0 N–H and O–H groups in total. The van der Waals surface area contributed by atoms with Crippen LogP contribution in [0.3, 0.4) is 0 Å². The van der Waals surface area contributed by atoms with Crippen molar-refractivity contribution in [3.63, 3.8) is 0 Å². The van der Waals surface area contributed by atoms with Crippen LogP contribution in [0.1, 0.15) is 43.6 Å². The van der Waals surface area contributed by atoms with Crippen LogP contribution in [0.2, 0.25) is 0 Å². The van der Waals surface area contributed by atoms with Crippen molar-refractivity contribution in [1.82, 2.24) is 0 Å². The maximum Gasteiger partial charge on any atom is 0.305 e. The van der Waals surface area contributed by atoms with Gasteiger partial charge in [-0.15, -0.1) is 0 Å². The Labute approximate surface area is 162 Å². The second-order valence-electron chi connectivity index (χ2n) is 4.25. The highest BCUT2D eigenvalue weighted by Gasteiger charge is 2.35. The molecule has 0 spiro atoms. The van der Waals surface area contributed by atoms with Gasteiger partial charge in [-0.05, 0) is 13.8 Å². The van der Waals surface area contributed by atoms with Crippen molar-refractivity contribution in [3.8, 4) is 0 Å². The smallest absolute Gasteiger partial charge is 0.258 e. The summed E-state index contributed by atoms with van der Waals surface area (Å²) in [5.41, 5.74) is -2.98. The molecule has 0 saturated carbocycles. The number of nitro benzene ring substituents is 2. The highest BCUT2D eigenvalue weighted by molar-refractivity contribution is 5.77. The lowest BCUT2D eigenvalue weighted by molar-refractivity contribution is -0.496. The van der Waals surface area contributed by atoms with E-state index in [1.807, 2.05) is 0 Å². The summed E-state index contributed by atoms with van der Waals surface area (Å²) in [5, 5.41) is 43.2. The summed E-state index contributed by atoms with van der Waals surface area (Å²) < 4.78 is 0. The minimum Gasteiger partial charge on any atom is -0.258 e. The fourth-order valence-corrected chi connectivity index (χ4v) is 2.01. The number of benzene rings is 1. The second-order valence-corrected chi connectivity index (χ2v) is 4.25. The zero-order valence-corrected chi connectivity index (χ0v) is 12.5. The molecule has 0 heterocycles. The summed E-state index contributed by atoms with van der Waals surface area (Å²) in [6.07, 6.45) is 0. The Kier molecular flexibility index (Phi) is 14.6. The molecular formula is C14H28N6O8. The minimum atomic E-state index is -1.03. The molecule has 0 saturated heterocycles. The number of nitrogens with zero attached hydrogens (tertiary/aromatic N) is 6. The van der Waals surface area contributed by atoms with Gasteiger partial charge in [0.2, 0.25) is 0 Å². The molecule has 0 aliphatic rings. The first-order valence-electron chi connectivity index (χ1n) is 6.46. The zero-order chi connectivity index (χ0) is 18.6. The molecular weight excluding hydrogens is 380 g/mol. The summed E-state index contributed by atoms with van der Waals surface area (Å²) in [6, 6.07) is 1.18. The molecule has 0 amide bonds. The lowest BCUT2D eigenvalue weighted by Crippen LogP contribution is -2.32. The summed E-state index contributed by atoms with van der Waals surface area (Å²) in [5.74, 6) is 0. The van der Waals surface area contributed by atoms with Gasteiger partial charge in [0.05, 0.1) is 29.0 Å². The van der Waals surface area contributed by atoms with Gasteiger partial charge in [0.15, 0.2) is 21.4 Å². The minimum absolute atomic E-state index is 0. The molecule has 0 bridgehead atoms. The quantitative estimate of drug-likeness (QED) is 0.449. The van der Waals surface area contributed by atoms with Gasteiger partial charge in [-0.2, -0.15) is 0 Å². The molecule has 0 unspecified atom stereocenters. The fourth-order valence-electron chi connectivity index (χ4n) is 2.01. The van der Waals surface area contributed by atoms with Crippen molar-refractivity contribution >= 4 is 22.7 Å². The van der Waals surface area contributed by atoms with E-state index < -0.39 is 42.7 Å². The van der Waals surface area contributed by atoms with Crippen LogP contribution in [0.4, 0.5) is 22.7 Å². The molecule has 0 fully saturated rings. The number of hydrogen-bond donors (Lipinski definition) is 0. The van der Waals surface area contributed by atoms with Crippen LogP contribution in [-0.4, -0.2) is 33.0 Å². The van der Waals surface area contributed by atoms with Gasteiger partial charge in [0.25, 0.3) is 0 Å². The maximum absolute atomic E-state index is 11.1. The van der Waals surface area contributed by atoms with Gasteiger partial charge in [-0.3, -0.25) is 20.2 Å². The van der Waals surface area contributed by atoms with Crippen LogP contribution in [0.25, 0.3) is 0 Å². The molecule has 1 aromatic carbocycles. The van der Waals surface area contributed by atoms with Crippen molar-refractivity contribution in [2.24, 2.45) is 0 Å². The highest BCUT2D eigenvalue weighted by Crippen LogP contribution is 2.39. The van der Waals surface area contributed by atoms with Crippen molar-refractivity contribution < 1.29 is 19.9 Å². The molecule has 0 radical (unpaired) electrons. The van der Waals surface area contributed by atoms with Gasteiger partial charge in [0, 0.05) is 6.07 Å². The van der Waals surface area contributed by atoms with Gasteiger partial charge in [0.1, 0.15) is 0 Å². The summed E-state index contributed by atoms with van der Waals surface area (Å²) >= 11 is 0. The molecule has 0 atom stereocenters. The topological polar surface area (TPSA) is 179 Å². The molecule has 162 valence electrons. The zero-order valence-electron chi connectivity index (χ0n) is 12.5. The number of hydrazine groups is 2. The van der Waals surface area contributed by atoms with E-state index in [1.165, 1.54) is 13.8 Å². The predicted molar refractivity (Wildman–Crippen MR) is 107 cm³/mol. The number of anilines is 2. The van der Waals surface area contributed by atoms with E-state index in [2.05, 4.69) is 0 Å². The molecule has 28 heavy (non-hydrogen) atoms. The predicted octanol–water partition coefficient (Wildman–Crippen LogP) is 4.08. The van der Waals surface area contributed by atoms with E-state index in [9.17, 15) is 40.5 Å². The van der Waals surface area contributed by atoms with E-state index in [4.69, 9.17) is 0 Å². The molecule has 1 rings (SSSR count). The lowest BCUT2D eigenvalue weighted by Gasteiger charge is -2.16. The van der Waals surface area contributed by atoms with Crippen LogP contribution in [-0.2, 0) is 0 Å². The molecule has 1 aromatic rings. The van der Waals surface area contributed by atoms with Gasteiger partial charge >= 0.3 is 11.4 Å². The van der Waals surface area contributed by atoms with Crippen molar-refractivity contribution in [2.75, 3.05) is 23.1 Å².